The standard InChI is InChI=1S/C7H8ClNOS/c1-3-5-6(4(2)10)11-7(8)9-5/h3H2,1-2H3. The Labute approximate surface area is 74.2 Å². The van der Waals surface area contributed by atoms with E-state index in [2.05, 4.69) is 4.98 Å². The van der Waals surface area contributed by atoms with E-state index in [9.17, 15) is 4.79 Å². The number of ketones is 1. The predicted octanol–water partition coefficient (Wildman–Crippen LogP) is 2.56. The van der Waals surface area contributed by atoms with Crippen LogP contribution in [0.25, 0.3) is 0 Å². The molecule has 60 valence electrons. The van der Waals surface area contributed by atoms with E-state index in [0.29, 0.717) is 9.34 Å². The van der Waals surface area contributed by atoms with Gasteiger partial charge in [-0.15, -0.1) is 0 Å². The maximum atomic E-state index is 11.0. The number of hydrogen-bond acceptors (Lipinski definition) is 3. The largest absolute Gasteiger partial charge is 0.294 e. The molecule has 0 saturated carbocycles. The van der Waals surface area contributed by atoms with Gasteiger partial charge in [-0.05, 0) is 6.42 Å². The molecule has 0 spiro atoms. The van der Waals surface area contributed by atoms with Crippen LogP contribution in [0, 0.1) is 0 Å². The first-order valence-corrected chi connectivity index (χ1v) is 4.50. The van der Waals surface area contributed by atoms with Gasteiger partial charge in [0, 0.05) is 6.92 Å². The molecule has 0 unspecified atom stereocenters. The van der Waals surface area contributed by atoms with Gasteiger partial charge in [-0.2, -0.15) is 0 Å². The zero-order chi connectivity index (χ0) is 8.43. The van der Waals surface area contributed by atoms with Crippen LogP contribution in [0.4, 0.5) is 0 Å². The zero-order valence-corrected chi connectivity index (χ0v) is 7.92. The molecule has 0 aliphatic carbocycles. The fourth-order valence-corrected chi connectivity index (χ4v) is 1.95. The van der Waals surface area contributed by atoms with Crippen LogP contribution in [0.3, 0.4) is 0 Å². The highest BCUT2D eigenvalue weighted by molar-refractivity contribution is 7.17. The molecule has 1 aromatic heterocycles. The van der Waals surface area contributed by atoms with E-state index in [4.69, 9.17) is 11.6 Å². The predicted molar refractivity (Wildman–Crippen MR) is 46.5 cm³/mol. The molecule has 0 N–H and O–H groups in total. The van der Waals surface area contributed by atoms with Gasteiger partial charge in [-0.1, -0.05) is 29.9 Å². The fraction of sp³-hybridized carbons (Fsp3) is 0.429. The molecule has 0 aliphatic rings. The van der Waals surface area contributed by atoms with Crippen LogP contribution in [-0.4, -0.2) is 10.8 Å². The van der Waals surface area contributed by atoms with Crippen molar-refractivity contribution in [2.24, 2.45) is 0 Å². The molecule has 0 atom stereocenters. The molecule has 2 nitrogen and oxygen atoms in total. The number of Topliss-reactive ketones (excluding diaryl/α,β-unsaturated/α-hetero) is 1. The summed E-state index contributed by atoms with van der Waals surface area (Å²) in [5.74, 6) is 0.0475. The van der Waals surface area contributed by atoms with Gasteiger partial charge in [0.2, 0.25) is 0 Å². The third-order valence-corrected chi connectivity index (χ3v) is 2.63. The minimum absolute atomic E-state index is 0.0475. The van der Waals surface area contributed by atoms with Crippen molar-refractivity contribution in [2.45, 2.75) is 20.3 Å². The molecule has 4 heteroatoms. The quantitative estimate of drug-likeness (QED) is 0.670. The Morgan fingerprint density at radius 1 is 1.73 bits per heavy atom. The highest BCUT2D eigenvalue weighted by Crippen LogP contribution is 2.23. The average Bonchev–Trinajstić information content (AvgIpc) is 2.30. The minimum Gasteiger partial charge on any atom is -0.294 e. The molecule has 1 heterocycles. The molecule has 0 aromatic carbocycles. The van der Waals surface area contributed by atoms with Crippen LogP contribution in [0.15, 0.2) is 0 Å². The number of thiazole rings is 1. The van der Waals surface area contributed by atoms with Crippen molar-refractivity contribution < 1.29 is 4.79 Å². The van der Waals surface area contributed by atoms with Crippen molar-refractivity contribution in [1.29, 1.82) is 0 Å². The summed E-state index contributed by atoms with van der Waals surface area (Å²) in [6.07, 6.45) is 0.762. The molecular formula is C7H8ClNOS. The van der Waals surface area contributed by atoms with Gasteiger partial charge in [0.25, 0.3) is 0 Å². The van der Waals surface area contributed by atoms with Gasteiger partial charge in [-0.3, -0.25) is 4.79 Å². The summed E-state index contributed by atoms with van der Waals surface area (Å²) in [5.41, 5.74) is 0.813. The number of carbonyl (C=O) groups is 1. The van der Waals surface area contributed by atoms with Gasteiger partial charge >= 0.3 is 0 Å². The number of carbonyl (C=O) groups excluding carboxylic acids is 1. The monoisotopic (exact) mass is 189 g/mol. The molecule has 0 aliphatic heterocycles. The third kappa shape index (κ3) is 1.79. The SMILES string of the molecule is CCc1nc(Cl)sc1C(C)=O. The van der Waals surface area contributed by atoms with Crippen molar-refractivity contribution in [3.05, 3.63) is 15.0 Å². The van der Waals surface area contributed by atoms with Crippen LogP contribution in [0.1, 0.15) is 29.2 Å². The maximum Gasteiger partial charge on any atom is 0.184 e. The van der Waals surface area contributed by atoms with E-state index in [1.165, 1.54) is 18.3 Å². The molecular weight excluding hydrogens is 182 g/mol. The van der Waals surface area contributed by atoms with Crippen molar-refractivity contribution in [1.82, 2.24) is 4.98 Å². The van der Waals surface area contributed by atoms with Crippen LogP contribution < -0.4 is 0 Å². The van der Waals surface area contributed by atoms with Crippen LogP contribution in [-0.2, 0) is 6.42 Å². The lowest BCUT2D eigenvalue weighted by Gasteiger charge is -1.90. The van der Waals surface area contributed by atoms with E-state index >= 15 is 0 Å². The molecule has 1 aromatic rings. The summed E-state index contributed by atoms with van der Waals surface area (Å²) in [5, 5.41) is 0. The third-order valence-electron chi connectivity index (χ3n) is 1.33. The summed E-state index contributed by atoms with van der Waals surface area (Å²) >= 11 is 6.90. The second-order valence-electron chi connectivity index (χ2n) is 2.15. The number of nitrogens with zero attached hydrogens (tertiary/aromatic N) is 1. The summed E-state index contributed by atoms with van der Waals surface area (Å²) in [7, 11) is 0. The van der Waals surface area contributed by atoms with Crippen molar-refractivity contribution in [3.63, 3.8) is 0 Å². The highest BCUT2D eigenvalue weighted by atomic mass is 35.5. The van der Waals surface area contributed by atoms with Crippen LogP contribution >= 0.6 is 22.9 Å². The first-order chi connectivity index (χ1) is 5.15. The van der Waals surface area contributed by atoms with Gasteiger partial charge in [0.15, 0.2) is 10.3 Å². The van der Waals surface area contributed by atoms with Crippen molar-refractivity contribution >= 4 is 28.7 Å². The normalized spacial score (nSPS) is 10.1. The lowest BCUT2D eigenvalue weighted by atomic mass is 10.2. The smallest absolute Gasteiger partial charge is 0.184 e. The van der Waals surface area contributed by atoms with Gasteiger partial charge in [-0.25, -0.2) is 4.98 Å². The first-order valence-electron chi connectivity index (χ1n) is 3.31. The summed E-state index contributed by atoms with van der Waals surface area (Å²) in [6.45, 7) is 3.49. The van der Waals surface area contributed by atoms with E-state index in [0.717, 1.165) is 12.1 Å². The van der Waals surface area contributed by atoms with Crippen molar-refractivity contribution in [3.8, 4) is 0 Å². The second kappa shape index (κ2) is 3.32. The topological polar surface area (TPSA) is 30.0 Å². The molecule has 0 saturated heterocycles. The average molecular weight is 190 g/mol. The zero-order valence-electron chi connectivity index (χ0n) is 6.35. The summed E-state index contributed by atoms with van der Waals surface area (Å²) in [4.78, 5) is 15.7. The van der Waals surface area contributed by atoms with Gasteiger partial charge in [0.1, 0.15) is 0 Å². The molecule has 0 radical (unpaired) electrons. The van der Waals surface area contributed by atoms with Gasteiger partial charge < -0.3 is 0 Å². The highest BCUT2D eigenvalue weighted by Gasteiger charge is 2.11. The minimum atomic E-state index is 0.0475. The Morgan fingerprint density at radius 2 is 2.36 bits per heavy atom. The molecule has 0 bridgehead atoms. The molecule has 11 heavy (non-hydrogen) atoms. The Bertz CT molecular complexity index is 282. The van der Waals surface area contributed by atoms with E-state index in [1.807, 2.05) is 6.92 Å². The number of aryl methyl sites for hydroxylation is 1. The molecule has 0 fully saturated rings. The number of halogens is 1. The number of aromatic nitrogens is 1. The lowest BCUT2D eigenvalue weighted by Crippen LogP contribution is -1.93. The Balaban J connectivity index is 3.12. The van der Waals surface area contributed by atoms with Crippen LogP contribution in [0.5, 0.6) is 0 Å². The Kier molecular flexibility index (Phi) is 2.62. The Hall–Kier alpha value is -0.410. The molecule has 1 rings (SSSR count). The van der Waals surface area contributed by atoms with E-state index in [1.54, 1.807) is 0 Å². The van der Waals surface area contributed by atoms with Crippen molar-refractivity contribution in [2.75, 3.05) is 0 Å². The number of hydrogen-bond donors (Lipinski definition) is 0. The summed E-state index contributed by atoms with van der Waals surface area (Å²) in [6, 6.07) is 0. The Morgan fingerprint density at radius 3 is 2.73 bits per heavy atom. The first kappa shape index (κ1) is 8.68. The summed E-state index contributed by atoms with van der Waals surface area (Å²) < 4.78 is 0.451. The fourth-order valence-electron chi connectivity index (χ4n) is 0.838. The van der Waals surface area contributed by atoms with E-state index < -0.39 is 0 Å². The number of rotatable bonds is 2. The maximum absolute atomic E-state index is 11.0. The van der Waals surface area contributed by atoms with Crippen LogP contribution in [0.2, 0.25) is 4.47 Å². The van der Waals surface area contributed by atoms with Gasteiger partial charge in [0.05, 0.1) is 10.6 Å². The lowest BCUT2D eigenvalue weighted by molar-refractivity contribution is 0.102. The van der Waals surface area contributed by atoms with E-state index in [-0.39, 0.29) is 5.78 Å². The molecule has 0 amide bonds. The second-order valence-corrected chi connectivity index (χ2v) is 3.73.